The quantitative estimate of drug-likeness (QED) is 0.917. The molecule has 0 aliphatic carbocycles. The van der Waals surface area contributed by atoms with Gasteiger partial charge in [0.25, 0.3) is 0 Å². The van der Waals surface area contributed by atoms with E-state index in [9.17, 15) is 9.59 Å². The number of nitrogens with two attached hydrogens (primary N) is 1. The van der Waals surface area contributed by atoms with Crippen LogP contribution in [0, 0.1) is 11.8 Å². The summed E-state index contributed by atoms with van der Waals surface area (Å²) in [5, 5.41) is 0. The highest BCUT2D eigenvalue weighted by Crippen LogP contribution is 2.25. The molecule has 2 aliphatic rings. The van der Waals surface area contributed by atoms with Gasteiger partial charge < -0.3 is 15.4 Å². The van der Waals surface area contributed by atoms with Crippen LogP contribution in [0.15, 0.2) is 24.3 Å². The number of likely N-dealkylation sites (tertiary alicyclic amines) is 1. The number of primary amides is 1. The van der Waals surface area contributed by atoms with E-state index < -0.39 is 5.91 Å². The lowest BCUT2D eigenvalue weighted by Crippen LogP contribution is -2.37. The third-order valence-electron chi connectivity index (χ3n) is 4.90. The molecule has 2 aliphatic heterocycles. The van der Waals surface area contributed by atoms with Crippen LogP contribution in [0.4, 0.5) is 0 Å². The van der Waals surface area contributed by atoms with Crippen molar-refractivity contribution in [3.8, 4) is 0 Å². The molecule has 0 bridgehead atoms. The molecule has 0 saturated carbocycles. The molecule has 5 heteroatoms. The zero-order valence-electron chi connectivity index (χ0n) is 13.4. The molecule has 2 amide bonds. The fourth-order valence-corrected chi connectivity index (χ4v) is 3.59. The molecule has 1 aromatic carbocycles. The van der Waals surface area contributed by atoms with Crippen molar-refractivity contribution < 1.29 is 14.3 Å². The summed E-state index contributed by atoms with van der Waals surface area (Å²) in [6.45, 7) is 3.06. The number of amides is 2. The molecule has 2 saturated heterocycles. The minimum Gasteiger partial charge on any atom is -0.381 e. The van der Waals surface area contributed by atoms with Crippen molar-refractivity contribution in [2.45, 2.75) is 25.7 Å². The lowest BCUT2D eigenvalue weighted by molar-refractivity contribution is -0.137. The van der Waals surface area contributed by atoms with Crippen LogP contribution in [0.1, 0.15) is 35.2 Å². The van der Waals surface area contributed by atoms with Gasteiger partial charge in [0.1, 0.15) is 0 Å². The zero-order chi connectivity index (χ0) is 16.2. The number of benzene rings is 1. The normalized spacial score (nSPS) is 22.3. The number of nitrogens with zero attached hydrogens (tertiary/aromatic N) is 1. The fraction of sp³-hybridized carbons (Fsp3) is 0.556. The highest BCUT2D eigenvalue weighted by Gasteiger charge is 2.31. The maximum Gasteiger partial charge on any atom is 0.248 e. The Morgan fingerprint density at radius 2 is 2.00 bits per heavy atom. The molecule has 0 unspecified atom stereocenters. The second-order valence-electron chi connectivity index (χ2n) is 6.59. The number of ether oxygens (including phenoxy) is 1. The van der Waals surface area contributed by atoms with E-state index in [0.29, 0.717) is 30.6 Å². The summed E-state index contributed by atoms with van der Waals surface area (Å²) in [5.41, 5.74) is 7.00. The minimum atomic E-state index is -0.394. The molecule has 0 spiro atoms. The lowest BCUT2D eigenvalue weighted by atomic mass is 9.97. The van der Waals surface area contributed by atoms with E-state index >= 15 is 0 Å². The number of carbonyl (C=O) groups is 2. The van der Waals surface area contributed by atoms with Crippen LogP contribution in [0.5, 0.6) is 0 Å². The van der Waals surface area contributed by atoms with Crippen LogP contribution in [0.3, 0.4) is 0 Å². The smallest absolute Gasteiger partial charge is 0.248 e. The largest absolute Gasteiger partial charge is 0.381 e. The standard InChI is InChI=1S/C18H24N2O3/c19-17(21)16-3-1-2-13(11-16)10-14-4-7-20(12-14)18(22)15-5-8-23-9-6-15/h1-3,11,14-15H,4-10,12H2,(H2,19,21)/t14-/m1/s1. The third-order valence-corrected chi connectivity index (χ3v) is 4.90. The Labute approximate surface area is 136 Å². The minimum absolute atomic E-state index is 0.140. The molecule has 3 rings (SSSR count). The first-order valence-corrected chi connectivity index (χ1v) is 8.39. The van der Waals surface area contributed by atoms with Crippen LogP contribution in [0.25, 0.3) is 0 Å². The van der Waals surface area contributed by atoms with E-state index in [2.05, 4.69) is 0 Å². The molecule has 0 radical (unpaired) electrons. The van der Waals surface area contributed by atoms with E-state index in [-0.39, 0.29) is 5.92 Å². The second kappa shape index (κ2) is 7.13. The van der Waals surface area contributed by atoms with Gasteiger partial charge in [-0.05, 0) is 49.3 Å². The Morgan fingerprint density at radius 3 is 2.74 bits per heavy atom. The van der Waals surface area contributed by atoms with Gasteiger partial charge in [0.15, 0.2) is 0 Å². The SMILES string of the molecule is NC(=O)c1cccc(C[C@H]2CCN(C(=O)C3CCOCC3)C2)c1. The van der Waals surface area contributed by atoms with Gasteiger partial charge in [-0.15, -0.1) is 0 Å². The van der Waals surface area contributed by atoms with Crippen molar-refractivity contribution >= 4 is 11.8 Å². The molecule has 2 N–H and O–H groups in total. The van der Waals surface area contributed by atoms with Gasteiger partial charge >= 0.3 is 0 Å². The van der Waals surface area contributed by atoms with E-state index in [4.69, 9.17) is 10.5 Å². The molecule has 23 heavy (non-hydrogen) atoms. The van der Waals surface area contributed by atoms with Gasteiger partial charge in [-0.1, -0.05) is 12.1 Å². The van der Waals surface area contributed by atoms with Crippen LogP contribution >= 0.6 is 0 Å². The predicted molar refractivity (Wildman–Crippen MR) is 86.9 cm³/mol. The number of carbonyl (C=O) groups excluding carboxylic acids is 2. The first-order chi connectivity index (χ1) is 11.1. The summed E-state index contributed by atoms with van der Waals surface area (Å²) < 4.78 is 5.33. The number of rotatable bonds is 4. The summed E-state index contributed by atoms with van der Waals surface area (Å²) in [6.07, 6.45) is 3.61. The lowest BCUT2D eigenvalue weighted by Gasteiger charge is -2.26. The van der Waals surface area contributed by atoms with Gasteiger partial charge in [0, 0.05) is 37.8 Å². The summed E-state index contributed by atoms with van der Waals surface area (Å²) in [7, 11) is 0. The first-order valence-electron chi connectivity index (χ1n) is 8.39. The van der Waals surface area contributed by atoms with Gasteiger partial charge in [-0.25, -0.2) is 0 Å². The molecule has 1 aromatic rings. The van der Waals surface area contributed by atoms with Gasteiger partial charge in [0.2, 0.25) is 11.8 Å². The molecule has 5 nitrogen and oxygen atoms in total. The molecule has 2 heterocycles. The van der Waals surface area contributed by atoms with Crippen molar-refractivity contribution in [2.24, 2.45) is 17.6 Å². The molecule has 124 valence electrons. The van der Waals surface area contributed by atoms with Crippen molar-refractivity contribution in [2.75, 3.05) is 26.3 Å². The van der Waals surface area contributed by atoms with E-state index in [1.807, 2.05) is 23.1 Å². The molecule has 1 atom stereocenters. The topological polar surface area (TPSA) is 72.6 Å². The van der Waals surface area contributed by atoms with Crippen molar-refractivity contribution in [1.29, 1.82) is 0 Å². The summed E-state index contributed by atoms with van der Waals surface area (Å²) in [4.78, 5) is 25.8. The number of hydrogen-bond donors (Lipinski definition) is 1. The average Bonchev–Trinajstić information content (AvgIpc) is 3.03. The van der Waals surface area contributed by atoms with Crippen LogP contribution in [-0.4, -0.2) is 43.0 Å². The van der Waals surface area contributed by atoms with Gasteiger partial charge in [0.05, 0.1) is 0 Å². The fourth-order valence-electron chi connectivity index (χ4n) is 3.59. The molecular weight excluding hydrogens is 292 g/mol. The Kier molecular flexibility index (Phi) is 4.96. The van der Waals surface area contributed by atoms with Gasteiger partial charge in [-0.2, -0.15) is 0 Å². The van der Waals surface area contributed by atoms with Crippen LogP contribution < -0.4 is 5.73 Å². The Morgan fingerprint density at radius 1 is 1.22 bits per heavy atom. The number of hydrogen-bond acceptors (Lipinski definition) is 3. The van der Waals surface area contributed by atoms with E-state index in [1.165, 1.54) is 0 Å². The second-order valence-corrected chi connectivity index (χ2v) is 6.59. The van der Waals surface area contributed by atoms with Gasteiger partial charge in [-0.3, -0.25) is 9.59 Å². The Balaban J connectivity index is 1.56. The average molecular weight is 316 g/mol. The van der Waals surface area contributed by atoms with Crippen LogP contribution in [-0.2, 0) is 16.0 Å². The zero-order valence-corrected chi connectivity index (χ0v) is 13.4. The van der Waals surface area contributed by atoms with Crippen molar-refractivity contribution in [3.05, 3.63) is 35.4 Å². The first kappa shape index (κ1) is 16.0. The summed E-state index contributed by atoms with van der Waals surface area (Å²) in [6, 6.07) is 7.50. The highest BCUT2D eigenvalue weighted by atomic mass is 16.5. The molecule has 2 fully saturated rings. The Bertz CT molecular complexity index is 581. The molecule has 0 aromatic heterocycles. The van der Waals surface area contributed by atoms with E-state index in [0.717, 1.165) is 44.3 Å². The van der Waals surface area contributed by atoms with Crippen LogP contribution in [0.2, 0.25) is 0 Å². The van der Waals surface area contributed by atoms with Crippen molar-refractivity contribution in [1.82, 2.24) is 4.90 Å². The molecular formula is C18H24N2O3. The highest BCUT2D eigenvalue weighted by molar-refractivity contribution is 5.92. The van der Waals surface area contributed by atoms with Crippen molar-refractivity contribution in [3.63, 3.8) is 0 Å². The maximum absolute atomic E-state index is 12.6. The Hall–Kier alpha value is -1.88. The maximum atomic E-state index is 12.6. The third kappa shape index (κ3) is 3.91. The summed E-state index contributed by atoms with van der Waals surface area (Å²) in [5.74, 6) is 0.499. The predicted octanol–water partition coefficient (Wildman–Crippen LogP) is 1.60. The monoisotopic (exact) mass is 316 g/mol. The van der Waals surface area contributed by atoms with E-state index in [1.54, 1.807) is 6.07 Å². The summed E-state index contributed by atoms with van der Waals surface area (Å²) >= 11 is 0.